The number of halogens is 1. The maximum atomic E-state index is 12.4. The van der Waals surface area contributed by atoms with Gasteiger partial charge in [-0.3, -0.25) is 9.59 Å². The van der Waals surface area contributed by atoms with E-state index in [4.69, 9.17) is 0 Å². The number of amides is 2. The van der Waals surface area contributed by atoms with E-state index in [2.05, 4.69) is 21.2 Å². The molecule has 2 amide bonds. The normalized spacial score (nSPS) is 19.0. The van der Waals surface area contributed by atoms with Crippen LogP contribution in [0.3, 0.4) is 0 Å². The molecule has 0 spiro atoms. The summed E-state index contributed by atoms with van der Waals surface area (Å²) in [6.45, 7) is 1.57. The Hall–Kier alpha value is -2.19. The minimum atomic E-state index is -3.70. The standard InChI is InChI=1S/C17H15BrN2O4S/c1-11-10-25(23,24)20(17(11)22)15-4-2-3-12(9-15)16(21)19-14-7-5-13(18)6-8-14/h2-9,11H,10H2,1H3,(H,19,21). The monoisotopic (exact) mass is 422 g/mol. The molecule has 1 atom stereocenters. The number of nitrogens with one attached hydrogen (secondary N) is 1. The third kappa shape index (κ3) is 3.59. The van der Waals surface area contributed by atoms with Gasteiger partial charge in [0, 0.05) is 15.7 Å². The first-order valence-corrected chi connectivity index (χ1v) is 9.92. The zero-order valence-electron chi connectivity index (χ0n) is 13.3. The second-order valence-corrected chi connectivity index (χ2v) is 8.57. The van der Waals surface area contributed by atoms with Crippen molar-refractivity contribution in [3.63, 3.8) is 0 Å². The van der Waals surface area contributed by atoms with Crippen molar-refractivity contribution < 1.29 is 18.0 Å². The average Bonchev–Trinajstić information content (AvgIpc) is 2.77. The van der Waals surface area contributed by atoms with Crippen molar-refractivity contribution >= 4 is 49.1 Å². The van der Waals surface area contributed by atoms with Crippen molar-refractivity contribution in [1.29, 1.82) is 0 Å². The van der Waals surface area contributed by atoms with E-state index in [1.165, 1.54) is 12.1 Å². The van der Waals surface area contributed by atoms with Gasteiger partial charge in [0.05, 0.1) is 17.4 Å². The summed E-state index contributed by atoms with van der Waals surface area (Å²) in [6.07, 6.45) is 0. The Labute approximate surface area is 154 Å². The van der Waals surface area contributed by atoms with Crippen molar-refractivity contribution in [1.82, 2.24) is 0 Å². The van der Waals surface area contributed by atoms with E-state index in [1.807, 2.05) is 0 Å². The van der Waals surface area contributed by atoms with Gasteiger partial charge in [-0.15, -0.1) is 0 Å². The number of anilines is 2. The summed E-state index contributed by atoms with van der Waals surface area (Å²) in [7, 11) is -3.70. The van der Waals surface area contributed by atoms with Gasteiger partial charge in [-0.2, -0.15) is 0 Å². The van der Waals surface area contributed by atoms with Crippen molar-refractivity contribution in [3.8, 4) is 0 Å². The summed E-state index contributed by atoms with van der Waals surface area (Å²) in [5.41, 5.74) is 1.05. The molecule has 3 rings (SSSR count). The summed E-state index contributed by atoms with van der Waals surface area (Å²) < 4.78 is 26.0. The van der Waals surface area contributed by atoms with E-state index in [1.54, 1.807) is 43.3 Å². The summed E-state index contributed by atoms with van der Waals surface area (Å²) in [5.74, 6) is -1.68. The van der Waals surface area contributed by atoms with Crippen LogP contribution >= 0.6 is 15.9 Å². The maximum absolute atomic E-state index is 12.4. The minimum absolute atomic E-state index is 0.179. The highest BCUT2D eigenvalue weighted by Gasteiger charge is 2.42. The molecule has 0 bridgehead atoms. The molecule has 6 nitrogen and oxygen atoms in total. The molecule has 130 valence electrons. The average molecular weight is 423 g/mol. The molecule has 1 fully saturated rings. The lowest BCUT2D eigenvalue weighted by molar-refractivity contribution is -0.119. The third-order valence-electron chi connectivity index (χ3n) is 3.81. The number of nitrogens with zero attached hydrogens (tertiary/aromatic N) is 1. The number of hydrogen-bond donors (Lipinski definition) is 1. The molecule has 1 N–H and O–H groups in total. The van der Waals surface area contributed by atoms with Gasteiger partial charge in [-0.25, -0.2) is 12.7 Å². The van der Waals surface area contributed by atoms with Crippen LogP contribution in [0.15, 0.2) is 53.0 Å². The molecule has 8 heteroatoms. The predicted octanol–water partition coefficient (Wildman–Crippen LogP) is 3.01. The lowest BCUT2D eigenvalue weighted by atomic mass is 10.1. The van der Waals surface area contributed by atoms with E-state index in [0.29, 0.717) is 5.69 Å². The molecule has 25 heavy (non-hydrogen) atoms. The van der Waals surface area contributed by atoms with Crippen LogP contribution in [0.4, 0.5) is 11.4 Å². The van der Waals surface area contributed by atoms with E-state index >= 15 is 0 Å². The molecular formula is C17H15BrN2O4S. The highest BCUT2D eigenvalue weighted by Crippen LogP contribution is 2.29. The molecule has 1 unspecified atom stereocenters. The van der Waals surface area contributed by atoms with Crippen molar-refractivity contribution in [2.45, 2.75) is 6.92 Å². The maximum Gasteiger partial charge on any atom is 0.255 e. The lowest BCUT2D eigenvalue weighted by Gasteiger charge is -2.16. The van der Waals surface area contributed by atoms with Crippen LogP contribution in [0.1, 0.15) is 17.3 Å². The number of hydrogen-bond acceptors (Lipinski definition) is 4. The fourth-order valence-electron chi connectivity index (χ4n) is 2.60. The van der Waals surface area contributed by atoms with Gasteiger partial charge < -0.3 is 5.32 Å². The van der Waals surface area contributed by atoms with Crippen molar-refractivity contribution in [3.05, 3.63) is 58.6 Å². The van der Waals surface area contributed by atoms with Gasteiger partial charge in [0.1, 0.15) is 0 Å². The van der Waals surface area contributed by atoms with Crippen molar-refractivity contribution in [2.75, 3.05) is 15.4 Å². The molecule has 0 aliphatic carbocycles. The molecule has 2 aromatic rings. The Morgan fingerprint density at radius 3 is 2.48 bits per heavy atom. The second kappa shape index (κ2) is 6.61. The van der Waals surface area contributed by atoms with Crippen LogP contribution in [0.25, 0.3) is 0 Å². The molecule has 2 aromatic carbocycles. The SMILES string of the molecule is CC1CS(=O)(=O)N(c2cccc(C(=O)Nc3ccc(Br)cc3)c2)C1=O. The quantitative estimate of drug-likeness (QED) is 0.823. The van der Waals surface area contributed by atoms with Gasteiger partial charge in [0.25, 0.3) is 5.91 Å². The molecule has 1 heterocycles. The number of benzene rings is 2. The molecule has 0 radical (unpaired) electrons. The van der Waals surface area contributed by atoms with Crippen LogP contribution in [0.2, 0.25) is 0 Å². The number of carbonyl (C=O) groups is 2. The summed E-state index contributed by atoms with van der Waals surface area (Å²) in [5, 5.41) is 2.73. The number of carbonyl (C=O) groups excluding carboxylic acids is 2. The molecular weight excluding hydrogens is 408 g/mol. The second-order valence-electron chi connectivity index (χ2n) is 5.79. The fraction of sp³-hybridized carbons (Fsp3) is 0.176. The smallest absolute Gasteiger partial charge is 0.255 e. The van der Waals surface area contributed by atoms with Crippen LogP contribution in [0, 0.1) is 5.92 Å². The van der Waals surface area contributed by atoms with Gasteiger partial charge >= 0.3 is 0 Å². The Kier molecular flexibility index (Phi) is 4.66. The molecule has 0 saturated carbocycles. The first-order chi connectivity index (χ1) is 11.8. The van der Waals surface area contributed by atoms with E-state index < -0.39 is 21.8 Å². The fourth-order valence-corrected chi connectivity index (χ4v) is 4.67. The zero-order valence-corrected chi connectivity index (χ0v) is 15.7. The Bertz CT molecular complexity index is 941. The van der Waals surface area contributed by atoms with Crippen molar-refractivity contribution in [2.24, 2.45) is 5.92 Å². The van der Waals surface area contributed by atoms with Crippen LogP contribution < -0.4 is 9.62 Å². The van der Waals surface area contributed by atoms with Gasteiger partial charge in [0.2, 0.25) is 15.9 Å². The van der Waals surface area contributed by atoms with E-state index in [0.717, 1.165) is 8.78 Å². The van der Waals surface area contributed by atoms with Gasteiger partial charge in [-0.05, 0) is 42.5 Å². The van der Waals surface area contributed by atoms with Gasteiger partial charge in [-0.1, -0.05) is 28.9 Å². The molecule has 1 aliphatic heterocycles. The van der Waals surface area contributed by atoms with Crippen LogP contribution in [-0.2, 0) is 14.8 Å². The van der Waals surface area contributed by atoms with Crippen LogP contribution in [-0.4, -0.2) is 26.0 Å². The van der Waals surface area contributed by atoms with E-state index in [9.17, 15) is 18.0 Å². The zero-order chi connectivity index (χ0) is 18.2. The number of rotatable bonds is 3. The molecule has 1 aliphatic rings. The Balaban J connectivity index is 1.88. The lowest BCUT2D eigenvalue weighted by Crippen LogP contribution is -2.30. The Morgan fingerprint density at radius 2 is 1.88 bits per heavy atom. The highest BCUT2D eigenvalue weighted by molar-refractivity contribution is 9.10. The highest BCUT2D eigenvalue weighted by atomic mass is 79.9. The Morgan fingerprint density at radius 1 is 1.20 bits per heavy atom. The predicted molar refractivity (Wildman–Crippen MR) is 99.0 cm³/mol. The third-order valence-corrected chi connectivity index (χ3v) is 6.20. The van der Waals surface area contributed by atoms with E-state index in [-0.39, 0.29) is 22.9 Å². The topological polar surface area (TPSA) is 83.6 Å². The van der Waals surface area contributed by atoms with Crippen LogP contribution in [0.5, 0.6) is 0 Å². The summed E-state index contributed by atoms with van der Waals surface area (Å²) in [6, 6.07) is 13.1. The summed E-state index contributed by atoms with van der Waals surface area (Å²) >= 11 is 3.32. The number of sulfonamides is 1. The minimum Gasteiger partial charge on any atom is -0.322 e. The van der Waals surface area contributed by atoms with Gasteiger partial charge in [0.15, 0.2) is 0 Å². The largest absolute Gasteiger partial charge is 0.322 e. The molecule has 1 saturated heterocycles. The summed E-state index contributed by atoms with van der Waals surface area (Å²) in [4.78, 5) is 24.6. The molecule has 0 aromatic heterocycles. The first kappa shape index (κ1) is 17.6. The first-order valence-electron chi connectivity index (χ1n) is 7.52.